The van der Waals surface area contributed by atoms with E-state index in [1.807, 2.05) is 24.3 Å². The highest BCUT2D eigenvalue weighted by atomic mass is 16.6. The lowest BCUT2D eigenvalue weighted by atomic mass is 10.0. The first-order valence-corrected chi connectivity index (χ1v) is 8.71. The van der Waals surface area contributed by atoms with Crippen LogP contribution in [0, 0.1) is 0 Å². The van der Waals surface area contributed by atoms with E-state index in [0.717, 1.165) is 56.3 Å². The number of ether oxygens (including phenoxy) is 2. The molecule has 1 saturated heterocycles. The number of carbonyl (C=O) groups excluding carboxylic acids is 1. The summed E-state index contributed by atoms with van der Waals surface area (Å²) in [6, 6.07) is 7.60. The number of morpholine rings is 1. The minimum atomic E-state index is -0.551. The van der Waals surface area contributed by atoms with E-state index in [0.29, 0.717) is 13.0 Å². The SMILES string of the molecule is COc1cccc(C2=NO[C@H](C(=O)NCCCN3CCOCC3)C2)c1. The van der Waals surface area contributed by atoms with E-state index in [-0.39, 0.29) is 5.91 Å². The summed E-state index contributed by atoms with van der Waals surface area (Å²) in [4.78, 5) is 19.9. The maximum atomic E-state index is 12.2. The lowest BCUT2D eigenvalue weighted by Gasteiger charge is -2.26. The second-order valence-corrected chi connectivity index (χ2v) is 6.17. The first kappa shape index (κ1) is 17.7. The highest BCUT2D eigenvalue weighted by Gasteiger charge is 2.28. The molecule has 7 nitrogen and oxygen atoms in total. The molecular formula is C18H25N3O4. The molecule has 1 N–H and O–H groups in total. The Hall–Kier alpha value is -2.12. The highest BCUT2D eigenvalue weighted by molar-refractivity contribution is 6.04. The number of oxime groups is 1. The zero-order chi connectivity index (χ0) is 17.5. The second-order valence-electron chi connectivity index (χ2n) is 6.17. The van der Waals surface area contributed by atoms with Gasteiger partial charge in [0, 0.05) is 31.6 Å². The molecule has 25 heavy (non-hydrogen) atoms. The minimum absolute atomic E-state index is 0.108. The Labute approximate surface area is 147 Å². The van der Waals surface area contributed by atoms with Gasteiger partial charge in [0.2, 0.25) is 6.10 Å². The summed E-state index contributed by atoms with van der Waals surface area (Å²) in [6.45, 7) is 5.15. The Kier molecular flexibility index (Phi) is 6.25. The van der Waals surface area contributed by atoms with Crippen LogP contribution in [0.1, 0.15) is 18.4 Å². The van der Waals surface area contributed by atoms with Gasteiger partial charge >= 0.3 is 0 Å². The molecule has 0 unspecified atom stereocenters. The zero-order valence-corrected chi connectivity index (χ0v) is 14.6. The normalized spacial score (nSPS) is 20.7. The van der Waals surface area contributed by atoms with Crippen LogP contribution in [0.15, 0.2) is 29.4 Å². The van der Waals surface area contributed by atoms with Crippen molar-refractivity contribution in [1.82, 2.24) is 10.2 Å². The van der Waals surface area contributed by atoms with Gasteiger partial charge in [-0.1, -0.05) is 17.3 Å². The van der Waals surface area contributed by atoms with E-state index in [9.17, 15) is 4.79 Å². The zero-order valence-electron chi connectivity index (χ0n) is 14.6. The summed E-state index contributed by atoms with van der Waals surface area (Å²) in [5.74, 6) is 0.653. The summed E-state index contributed by atoms with van der Waals surface area (Å²) in [5, 5.41) is 7.00. The van der Waals surface area contributed by atoms with E-state index >= 15 is 0 Å². The molecule has 3 rings (SSSR count). The van der Waals surface area contributed by atoms with E-state index in [2.05, 4.69) is 15.4 Å². The Bertz CT molecular complexity index is 614. The topological polar surface area (TPSA) is 72.4 Å². The van der Waals surface area contributed by atoms with Crippen molar-refractivity contribution in [2.75, 3.05) is 46.5 Å². The lowest BCUT2D eigenvalue weighted by molar-refractivity contribution is -0.131. The van der Waals surface area contributed by atoms with Crippen LogP contribution in [-0.2, 0) is 14.4 Å². The fraction of sp³-hybridized carbons (Fsp3) is 0.556. The molecule has 7 heteroatoms. The number of nitrogens with zero attached hydrogens (tertiary/aromatic N) is 2. The van der Waals surface area contributed by atoms with Gasteiger partial charge in [0.1, 0.15) is 5.75 Å². The van der Waals surface area contributed by atoms with E-state index in [4.69, 9.17) is 14.3 Å². The number of rotatable bonds is 7. The number of hydrogen-bond donors (Lipinski definition) is 1. The molecule has 2 aliphatic heterocycles. The third-order valence-corrected chi connectivity index (χ3v) is 4.42. The molecule has 136 valence electrons. The smallest absolute Gasteiger partial charge is 0.264 e. The molecule has 1 atom stereocenters. The number of carbonyl (C=O) groups is 1. The van der Waals surface area contributed by atoms with Gasteiger partial charge < -0.3 is 19.6 Å². The summed E-state index contributed by atoms with van der Waals surface area (Å²) in [7, 11) is 1.62. The first-order chi connectivity index (χ1) is 12.3. The van der Waals surface area contributed by atoms with E-state index < -0.39 is 6.10 Å². The van der Waals surface area contributed by atoms with Crippen LogP contribution in [0.5, 0.6) is 5.75 Å². The molecule has 1 amide bonds. The van der Waals surface area contributed by atoms with Crippen LogP contribution in [0.2, 0.25) is 0 Å². The van der Waals surface area contributed by atoms with Crippen LogP contribution < -0.4 is 10.1 Å². The largest absolute Gasteiger partial charge is 0.497 e. The number of hydrogen-bond acceptors (Lipinski definition) is 6. The molecular weight excluding hydrogens is 322 g/mol. The molecule has 0 radical (unpaired) electrons. The Balaban J connectivity index is 1.39. The van der Waals surface area contributed by atoms with Gasteiger partial charge in [-0.3, -0.25) is 9.69 Å². The van der Waals surface area contributed by atoms with Crippen molar-refractivity contribution in [2.45, 2.75) is 18.9 Å². The summed E-state index contributed by atoms with van der Waals surface area (Å²) in [5.41, 5.74) is 1.69. The fourth-order valence-electron chi connectivity index (χ4n) is 2.94. The molecule has 2 aliphatic rings. The van der Waals surface area contributed by atoms with Crippen LogP contribution in [0.25, 0.3) is 0 Å². The average molecular weight is 347 g/mol. The summed E-state index contributed by atoms with van der Waals surface area (Å²) >= 11 is 0. The maximum absolute atomic E-state index is 12.2. The van der Waals surface area contributed by atoms with Crippen molar-refractivity contribution >= 4 is 11.6 Å². The van der Waals surface area contributed by atoms with Gasteiger partial charge in [-0.2, -0.15) is 0 Å². The Morgan fingerprint density at radius 2 is 2.24 bits per heavy atom. The predicted molar refractivity (Wildman–Crippen MR) is 93.9 cm³/mol. The predicted octanol–water partition coefficient (Wildman–Crippen LogP) is 1.03. The molecule has 1 fully saturated rings. The van der Waals surface area contributed by atoms with Crippen LogP contribution >= 0.6 is 0 Å². The molecule has 1 aromatic rings. The van der Waals surface area contributed by atoms with Crippen molar-refractivity contribution in [3.63, 3.8) is 0 Å². The van der Waals surface area contributed by atoms with Crippen LogP contribution in [-0.4, -0.2) is 69.1 Å². The van der Waals surface area contributed by atoms with Gasteiger partial charge in [-0.25, -0.2) is 0 Å². The Morgan fingerprint density at radius 3 is 3.04 bits per heavy atom. The monoisotopic (exact) mass is 347 g/mol. The van der Waals surface area contributed by atoms with Crippen LogP contribution in [0.4, 0.5) is 0 Å². The fourth-order valence-corrected chi connectivity index (χ4v) is 2.94. The van der Waals surface area contributed by atoms with E-state index in [1.54, 1.807) is 7.11 Å². The van der Waals surface area contributed by atoms with Gasteiger partial charge in [0.25, 0.3) is 5.91 Å². The average Bonchev–Trinajstić information content (AvgIpc) is 3.16. The summed E-state index contributed by atoms with van der Waals surface area (Å²) < 4.78 is 10.5. The third-order valence-electron chi connectivity index (χ3n) is 4.42. The van der Waals surface area contributed by atoms with Crippen LogP contribution in [0.3, 0.4) is 0 Å². The van der Waals surface area contributed by atoms with Gasteiger partial charge in [0.15, 0.2) is 0 Å². The van der Waals surface area contributed by atoms with Crippen molar-refractivity contribution in [1.29, 1.82) is 0 Å². The number of nitrogens with one attached hydrogen (secondary N) is 1. The van der Waals surface area contributed by atoms with Crippen molar-refractivity contribution in [3.8, 4) is 5.75 Å². The highest BCUT2D eigenvalue weighted by Crippen LogP contribution is 2.20. The molecule has 0 bridgehead atoms. The van der Waals surface area contributed by atoms with Crippen molar-refractivity contribution in [3.05, 3.63) is 29.8 Å². The van der Waals surface area contributed by atoms with Crippen molar-refractivity contribution in [2.24, 2.45) is 5.16 Å². The standard InChI is InChI=1S/C18H25N3O4/c1-23-15-5-2-4-14(12-15)16-13-17(25-20-16)18(22)19-6-3-7-21-8-10-24-11-9-21/h2,4-5,12,17H,3,6-11,13H2,1H3,(H,19,22)/t17-/m0/s1. The maximum Gasteiger partial charge on any atom is 0.264 e. The number of amides is 1. The first-order valence-electron chi connectivity index (χ1n) is 8.71. The van der Waals surface area contributed by atoms with Gasteiger partial charge in [-0.05, 0) is 25.1 Å². The number of methoxy groups -OCH3 is 1. The molecule has 1 aromatic carbocycles. The van der Waals surface area contributed by atoms with E-state index in [1.165, 1.54) is 0 Å². The quantitative estimate of drug-likeness (QED) is 0.746. The lowest BCUT2D eigenvalue weighted by Crippen LogP contribution is -2.39. The molecule has 0 saturated carbocycles. The molecule has 0 aliphatic carbocycles. The Morgan fingerprint density at radius 1 is 1.40 bits per heavy atom. The molecule has 0 aromatic heterocycles. The van der Waals surface area contributed by atoms with Gasteiger partial charge in [-0.15, -0.1) is 0 Å². The molecule has 0 spiro atoms. The van der Waals surface area contributed by atoms with Gasteiger partial charge in [0.05, 0.1) is 26.0 Å². The minimum Gasteiger partial charge on any atom is -0.497 e. The molecule has 2 heterocycles. The second kappa shape index (κ2) is 8.82. The van der Waals surface area contributed by atoms with Crippen molar-refractivity contribution < 1.29 is 19.1 Å². The third kappa shape index (κ3) is 4.93. The summed E-state index contributed by atoms with van der Waals surface area (Å²) in [6.07, 6.45) is 0.842. The number of benzene rings is 1.